The van der Waals surface area contributed by atoms with E-state index in [1.807, 2.05) is 30.3 Å². The van der Waals surface area contributed by atoms with Gasteiger partial charge in [0.25, 0.3) is 0 Å². The van der Waals surface area contributed by atoms with Gasteiger partial charge in [-0.25, -0.2) is 5.43 Å². The number of nitrogens with one attached hydrogen (secondary N) is 3. The van der Waals surface area contributed by atoms with Crippen LogP contribution in [0, 0.1) is 0 Å². The molecule has 0 aliphatic carbocycles. The summed E-state index contributed by atoms with van der Waals surface area (Å²) < 4.78 is 0. The largest absolute Gasteiger partial charge is 0.506 e. The summed E-state index contributed by atoms with van der Waals surface area (Å²) in [6, 6.07) is 12.5. The zero-order valence-electron chi connectivity index (χ0n) is 14.1. The molecule has 0 unspecified atom stereocenters. The summed E-state index contributed by atoms with van der Waals surface area (Å²) >= 11 is 11.8. The minimum Gasteiger partial charge on any atom is -0.506 e. The molecule has 1 aromatic heterocycles. The average Bonchev–Trinajstić information content (AvgIpc) is 2.66. The molecule has 0 spiro atoms. The van der Waals surface area contributed by atoms with Crippen LogP contribution in [0.1, 0.15) is 5.56 Å². The Morgan fingerprint density at radius 2 is 1.70 bits per heavy atom. The maximum atomic E-state index is 9.94. The van der Waals surface area contributed by atoms with E-state index in [2.05, 4.69) is 36.1 Å². The van der Waals surface area contributed by atoms with Gasteiger partial charge in [0.05, 0.1) is 11.2 Å². The molecule has 1 heterocycles. The number of phenols is 1. The van der Waals surface area contributed by atoms with Crippen molar-refractivity contribution in [1.82, 2.24) is 15.0 Å². The van der Waals surface area contributed by atoms with Gasteiger partial charge in [0.2, 0.25) is 17.8 Å². The third-order valence-corrected chi connectivity index (χ3v) is 3.82. The van der Waals surface area contributed by atoms with E-state index in [1.54, 1.807) is 7.05 Å². The first-order valence-corrected chi connectivity index (χ1v) is 8.54. The van der Waals surface area contributed by atoms with Crippen molar-refractivity contribution < 1.29 is 5.11 Å². The molecule has 0 saturated heterocycles. The normalized spacial score (nSPS) is 10.8. The molecular formula is C17H15Cl2N7O. The van der Waals surface area contributed by atoms with E-state index < -0.39 is 0 Å². The van der Waals surface area contributed by atoms with Gasteiger partial charge >= 0.3 is 0 Å². The fourth-order valence-corrected chi connectivity index (χ4v) is 2.60. The van der Waals surface area contributed by atoms with Gasteiger partial charge in [-0.1, -0.05) is 41.4 Å². The first kappa shape index (κ1) is 18.7. The number of hydrogen-bond acceptors (Lipinski definition) is 8. The number of anilines is 4. The monoisotopic (exact) mass is 403 g/mol. The number of para-hydroxylation sites is 1. The minimum absolute atomic E-state index is 0.121. The standard InChI is InChI=1S/C17H15Cl2N7O/c1-20-15-23-16(22-12-5-3-2-4-6-12)25-17(24-15)26-21-9-10-7-11(18)8-13(19)14(10)27/h2-9,27H,1H3,(H3,20,22,23,24,25,26). The number of aromatic nitrogens is 3. The van der Waals surface area contributed by atoms with Gasteiger partial charge in [-0.05, 0) is 24.3 Å². The number of phenolic OH excluding ortho intramolecular Hbond substituents is 1. The van der Waals surface area contributed by atoms with Gasteiger partial charge < -0.3 is 15.7 Å². The van der Waals surface area contributed by atoms with Crippen LogP contribution in [0.25, 0.3) is 0 Å². The molecule has 0 bridgehead atoms. The Balaban J connectivity index is 1.79. The van der Waals surface area contributed by atoms with E-state index in [9.17, 15) is 5.11 Å². The molecular weight excluding hydrogens is 389 g/mol. The zero-order valence-corrected chi connectivity index (χ0v) is 15.6. The molecule has 0 amide bonds. The highest BCUT2D eigenvalue weighted by molar-refractivity contribution is 6.36. The highest BCUT2D eigenvalue weighted by Crippen LogP contribution is 2.30. The number of hydrogen-bond donors (Lipinski definition) is 4. The van der Waals surface area contributed by atoms with Crippen molar-refractivity contribution in [3.8, 4) is 5.75 Å². The van der Waals surface area contributed by atoms with Crippen molar-refractivity contribution in [1.29, 1.82) is 0 Å². The van der Waals surface area contributed by atoms with Gasteiger partial charge in [0, 0.05) is 23.3 Å². The molecule has 0 fully saturated rings. The molecule has 0 aliphatic rings. The molecule has 0 saturated carbocycles. The lowest BCUT2D eigenvalue weighted by Gasteiger charge is -2.08. The summed E-state index contributed by atoms with van der Waals surface area (Å²) in [6.45, 7) is 0. The Kier molecular flexibility index (Phi) is 5.90. The number of aromatic hydroxyl groups is 1. The van der Waals surface area contributed by atoms with E-state index in [0.29, 0.717) is 22.5 Å². The number of benzene rings is 2. The van der Waals surface area contributed by atoms with E-state index in [-0.39, 0.29) is 16.7 Å². The quantitative estimate of drug-likeness (QED) is 0.362. The van der Waals surface area contributed by atoms with Gasteiger partial charge in [0.15, 0.2) is 0 Å². The van der Waals surface area contributed by atoms with E-state index in [1.165, 1.54) is 18.3 Å². The maximum Gasteiger partial charge on any atom is 0.250 e. The number of halogens is 2. The van der Waals surface area contributed by atoms with E-state index in [0.717, 1.165) is 5.69 Å². The van der Waals surface area contributed by atoms with Crippen LogP contribution in [0.5, 0.6) is 5.75 Å². The maximum absolute atomic E-state index is 9.94. The van der Waals surface area contributed by atoms with Gasteiger partial charge in [-0.2, -0.15) is 20.1 Å². The van der Waals surface area contributed by atoms with Crippen LogP contribution in [-0.2, 0) is 0 Å². The fraction of sp³-hybridized carbons (Fsp3) is 0.0588. The van der Waals surface area contributed by atoms with Crippen LogP contribution >= 0.6 is 23.2 Å². The fourth-order valence-electron chi connectivity index (χ4n) is 2.09. The van der Waals surface area contributed by atoms with Gasteiger partial charge in [0.1, 0.15) is 5.75 Å². The molecule has 27 heavy (non-hydrogen) atoms. The van der Waals surface area contributed by atoms with Crippen LogP contribution in [0.2, 0.25) is 10.0 Å². The van der Waals surface area contributed by atoms with Crippen molar-refractivity contribution in [2.75, 3.05) is 23.1 Å². The van der Waals surface area contributed by atoms with E-state index >= 15 is 0 Å². The molecule has 4 N–H and O–H groups in total. The third kappa shape index (κ3) is 4.96. The van der Waals surface area contributed by atoms with Gasteiger partial charge in [-0.3, -0.25) is 0 Å². The lowest BCUT2D eigenvalue weighted by atomic mass is 10.2. The highest BCUT2D eigenvalue weighted by Gasteiger charge is 2.07. The smallest absolute Gasteiger partial charge is 0.250 e. The van der Waals surface area contributed by atoms with Crippen LogP contribution in [0.4, 0.5) is 23.5 Å². The lowest BCUT2D eigenvalue weighted by molar-refractivity contribution is 0.475. The Hall–Kier alpha value is -3.10. The summed E-state index contributed by atoms with van der Waals surface area (Å²) in [4.78, 5) is 12.7. The summed E-state index contributed by atoms with van der Waals surface area (Å²) in [5, 5.41) is 20.4. The third-order valence-electron chi connectivity index (χ3n) is 3.31. The number of rotatable bonds is 6. The number of nitrogens with zero attached hydrogens (tertiary/aromatic N) is 4. The Bertz CT molecular complexity index is 967. The van der Waals surface area contributed by atoms with Crippen molar-refractivity contribution in [2.24, 2.45) is 5.10 Å². The Morgan fingerprint density at radius 1 is 1.00 bits per heavy atom. The Morgan fingerprint density at radius 3 is 2.44 bits per heavy atom. The van der Waals surface area contributed by atoms with Crippen LogP contribution in [0.3, 0.4) is 0 Å². The zero-order chi connectivity index (χ0) is 19.2. The lowest BCUT2D eigenvalue weighted by Crippen LogP contribution is -2.07. The minimum atomic E-state index is -0.121. The second kappa shape index (κ2) is 8.52. The molecule has 10 heteroatoms. The van der Waals surface area contributed by atoms with Crippen molar-refractivity contribution >= 4 is 52.9 Å². The van der Waals surface area contributed by atoms with Crippen LogP contribution < -0.4 is 16.1 Å². The SMILES string of the molecule is CNc1nc(NN=Cc2cc(Cl)cc(Cl)c2O)nc(Nc2ccccc2)n1. The van der Waals surface area contributed by atoms with Crippen molar-refractivity contribution in [3.05, 3.63) is 58.1 Å². The molecule has 2 aromatic carbocycles. The molecule has 0 radical (unpaired) electrons. The molecule has 138 valence electrons. The summed E-state index contributed by atoms with van der Waals surface area (Å²) in [7, 11) is 1.70. The molecule has 3 aromatic rings. The number of hydrazone groups is 1. The predicted molar refractivity (Wildman–Crippen MR) is 108 cm³/mol. The van der Waals surface area contributed by atoms with Gasteiger partial charge in [-0.15, -0.1) is 0 Å². The summed E-state index contributed by atoms with van der Waals surface area (Å²) in [6.07, 6.45) is 1.36. The first-order chi connectivity index (χ1) is 13.0. The molecule has 8 nitrogen and oxygen atoms in total. The summed E-state index contributed by atoms with van der Waals surface area (Å²) in [5.74, 6) is 0.780. The average molecular weight is 404 g/mol. The predicted octanol–water partition coefficient (Wildman–Crippen LogP) is 4.12. The van der Waals surface area contributed by atoms with Crippen molar-refractivity contribution in [2.45, 2.75) is 0 Å². The Labute approximate surface area is 165 Å². The molecule has 3 rings (SSSR count). The van der Waals surface area contributed by atoms with Crippen LogP contribution in [0.15, 0.2) is 47.6 Å². The molecule has 0 aliphatic heterocycles. The second-order valence-corrected chi connectivity index (χ2v) is 6.09. The first-order valence-electron chi connectivity index (χ1n) is 7.78. The summed E-state index contributed by atoms with van der Waals surface area (Å²) in [5.41, 5.74) is 3.87. The van der Waals surface area contributed by atoms with Crippen LogP contribution in [-0.4, -0.2) is 33.3 Å². The second-order valence-electron chi connectivity index (χ2n) is 5.24. The molecule has 0 atom stereocenters. The van der Waals surface area contributed by atoms with E-state index in [4.69, 9.17) is 23.2 Å². The topological polar surface area (TPSA) is 107 Å². The van der Waals surface area contributed by atoms with Crippen molar-refractivity contribution in [3.63, 3.8) is 0 Å². The highest BCUT2D eigenvalue weighted by atomic mass is 35.5.